The van der Waals surface area contributed by atoms with Crippen LogP contribution in [-0.2, 0) is 103 Å². The van der Waals surface area contributed by atoms with Gasteiger partial charge in [0.2, 0.25) is 35.4 Å². The molecule has 0 radical (unpaired) electrons. The van der Waals surface area contributed by atoms with Crippen molar-refractivity contribution in [2.75, 3.05) is 129 Å². The smallest absolute Gasteiger partial charge is 0.305 e. The van der Waals surface area contributed by atoms with Crippen LogP contribution in [0.4, 0.5) is 11.6 Å². The van der Waals surface area contributed by atoms with Gasteiger partial charge in [0.05, 0.1) is 119 Å². The molecule has 6 rings (SSSR count). The summed E-state index contributed by atoms with van der Waals surface area (Å²) in [6, 6.07) is 14.9. The maximum absolute atomic E-state index is 12.8. The molecule has 31 heteroatoms. The van der Waals surface area contributed by atoms with Crippen molar-refractivity contribution in [2.45, 2.75) is 98.8 Å². The molecule has 0 unspecified atom stereocenters. The molecule has 0 saturated carbocycles. The first-order valence-corrected chi connectivity index (χ1v) is 30.0. The average Bonchev–Trinajstić information content (AvgIpc) is 1.64. The lowest BCUT2D eigenvalue weighted by atomic mass is 10.1. The minimum Gasteiger partial charge on any atom is -0.481 e. The predicted octanol–water partition coefficient (Wildman–Crippen LogP) is 1.93. The zero-order chi connectivity index (χ0) is 67.1. The Morgan fingerprint density at radius 3 is 1.17 bits per heavy atom. The largest absolute Gasteiger partial charge is 0.481 e. The Morgan fingerprint density at radius 2 is 0.826 bits per heavy atom. The van der Waals surface area contributed by atoms with Crippen LogP contribution >= 0.6 is 0 Å². The molecule has 0 aliphatic carbocycles. The van der Waals surface area contributed by atoms with Crippen molar-refractivity contribution in [2.24, 2.45) is 0 Å². The number of anilines is 2. The number of carbonyl (C=O) groups is 8. The zero-order valence-electron chi connectivity index (χ0n) is 53.1. The number of aliphatic hydroxyl groups is 2. The van der Waals surface area contributed by atoms with E-state index in [4.69, 9.17) is 53.0 Å². The first-order valence-electron chi connectivity index (χ1n) is 30.0. The van der Waals surface area contributed by atoms with Crippen LogP contribution in [0, 0.1) is 0 Å². The number of imidazole rings is 2. The molecule has 0 saturated heterocycles. The van der Waals surface area contributed by atoms with Gasteiger partial charge in [-0.05, 0) is 60.6 Å². The Labute approximate surface area is 532 Å². The minimum absolute atomic E-state index is 0. The molecule has 6 amide bonds. The van der Waals surface area contributed by atoms with Crippen molar-refractivity contribution in [1.82, 2.24) is 50.3 Å². The molecule has 2 aromatic carbocycles. The third kappa shape index (κ3) is 26.5. The molecule has 4 heterocycles. The quantitative estimate of drug-likeness (QED) is 0.0247. The molecule has 0 fully saturated rings. The lowest BCUT2D eigenvalue weighted by Crippen LogP contribution is -2.35. The number of aromatic nitrogens is 6. The fraction of sp³-hybridized carbons (Fsp3) is 0.541. The second kappa shape index (κ2) is 38.6. The number of ether oxygens (including phenoxy) is 8. The highest BCUT2D eigenvalue weighted by Gasteiger charge is 2.26. The number of hydrogen-bond donors (Lipinski definition) is 9. The number of carboxylic acids is 1. The molecule has 0 spiro atoms. The molecule has 6 aromatic rings. The first-order chi connectivity index (χ1) is 44.0. The van der Waals surface area contributed by atoms with Gasteiger partial charge in [0.25, 0.3) is 0 Å². The molecular formula is C61H88N12O19. The van der Waals surface area contributed by atoms with E-state index in [1.165, 1.54) is 6.92 Å². The fourth-order valence-electron chi connectivity index (χ4n) is 8.60. The lowest BCUT2D eigenvalue weighted by Gasteiger charge is -2.20. The summed E-state index contributed by atoms with van der Waals surface area (Å²) in [7, 11) is 0. The number of Topliss-reactive ketones (excluding diaryl/α,β-unsaturated/α-hetero) is 1. The highest BCUT2D eigenvalue weighted by atomic mass is 16.6. The third-order valence-electron chi connectivity index (χ3n) is 12.6. The van der Waals surface area contributed by atoms with Crippen molar-refractivity contribution in [3.63, 3.8) is 0 Å². The van der Waals surface area contributed by atoms with Crippen LogP contribution in [0.2, 0.25) is 0 Å². The van der Waals surface area contributed by atoms with Crippen LogP contribution < -0.4 is 31.9 Å². The average molecular weight is 1290 g/mol. The third-order valence-corrected chi connectivity index (χ3v) is 12.6. The molecule has 0 aliphatic rings. The van der Waals surface area contributed by atoms with Crippen LogP contribution in [0.25, 0.3) is 43.9 Å². The number of fused-ring (bicyclic) bond motifs is 6. The Hall–Kier alpha value is -8.24. The molecule has 506 valence electrons. The second-order valence-electron chi connectivity index (χ2n) is 21.9. The number of aliphatic carboxylic acids is 1. The van der Waals surface area contributed by atoms with Crippen molar-refractivity contribution in [1.29, 1.82) is 0 Å². The monoisotopic (exact) mass is 1290 g/mol. The van der Waals surface area contributed by atoms with Crippen molar-refractivity contribution < 1.29 is 93.0 Å². The van der Waals surface area contributed by atoms with E-state index in [1.54, 1.807) is 27.7 Å². The number of para-hydroxylation sites is 2. The molecule has 31 nitrogen and oxygen atoms in total. The van der Waals surface area contributed by atoms with Crippen LogP contribution in [0.1, 0.15) is 74.4 Å². The lowest BCUT2D eigenvalue weighted by molar-refractivity contribution is -0.137. The van der Waals surface area contributed by atoms with Gasteiger partial charge in [-0.2, -0.15) is 0 Å². The van der Waals surface area contributed by atoms with E-state index < -0.39 is 46.7 Å². The highest BCUT2D eigenvalue weighted by molar-refractivity contribution is 6.11. The van der Waals surface area contributed by atoms with E-state index in [1.807, 2.05) is 71.5 Å². The second-order valence-corrected chi connectivity index (χ2v) is 21.9. The molecule has 0 aliphatic heterocycles. The predicted molar refractivity (Wildman–Crippen MR) is 337 cm³/mol. The van der Waals surface area contributed by atoms with E-state index in [9.17, 15) is 48.6 Å². The number of rotatable bonds is 42. The number of benzene rings is 2. The summed E-state index contributed by atoms with van der Waals surface area (Å²) in [5, 5.41) is 46.9. The van der Waals surface area contributed by atoms with Gasteiger partial charge in [-0.15, -0.1) is 0 Å². The van der Waals surface area contributed by atoms with Crippen LogP contribution in [0.5, 0.6) is 0 Å². The highest BCUT2D eigenvalue weighted by Crippen LogP contribution is 2.33. The van der Waals surface area contributed by atoms with Gasteiger partial charge in [0.15, 0.2) is 11.6 Å². The Balaban J connectivity index is 0.000000392. The number of nitrogens with zero attached hydrogens (tertiary/aromatic N) is 6. The topological polar surface area (TPSA) is 405 Å². The summed E-state index contributed by atoms with van der Waals surface area (Å²) in [5.41, 5.74) is 1.43. The van der Waals surface area contributed by atoms with Gasteiger partial charge in [-0.25, -0.2) is 19.9 Å². The number of carboxylic acid groups (broad SMARTS) is 1. The van der Waals surface area contributed by atoms with Gasteiger partial charge in [0.1, 0.15) is 68.1 Å². The van der Waals surface area contributed by atoms with E-state index in [0.717, 1.165) is 10.8 Å². The van der Waals surface area contributed by atoms with E-state index in [-0.39, 0.29) is 169 Å². The Bertz CT molecular complexity index is 3200. The summed E-state index contributed by atoms with van der Waals surface area (Å²) < 4.78 is 46.5. The normalized spacial score (nSPS) is 11.6. The number of ketones is 1. The minimum atomic E-state index is -1.05. The SMILES string of the molecule is CCOCc1nc2c(NC(=O)CNC(=O)COCCOCCOCC(=O)NCCC(=O)O)nc3ccccc3c2n1CC(C)(C)O.CCOCc1nc2c(NC(=O)CNC(=O)COCCOCCOCC(=O)NCCC(C)=O)nc3ccccc3c2n1CC(C)(C)O.[HH]. The van der Waals surface area contributed by atoms with E-state index in [2.05, 4.69) is 41.9 Å². The van der Waals surface area contributed by atoms with Gasteiger partial charge in [0, 0.05) is 44.9 Å². The maximum Gasteiger partial charge on any atom is 0.305 e. The van der Waals surface area contributed by atoms with Crippen molar-refractivity contribution in [3.8, 4) is 0 Å². The number of carbonyl (C=O) groups excluding carboxylic acids is 7. The Morgan fingerprint density at radius 1 is 0.478 bits per heavy atom. The first kappa shape index (κ1) is 74.5. The molecule has 92 heavy (non-hydrogen) atoms. The van der Waals surface area contributed by atoms with Crippen molar-refractivity contribution >= 4 is 103 Å². The van der Waals surface area contributed by atoms with E-state index in [0.29, 0.717) is 58.0 Å². The molecule has 4 aromatic heterocycles. The number of hydrogen-bond acceptors (Lipinski definition) is 22. The number of pyridine rings is 2. The van der Waals surface area contributed by atoms with Crippen LogP contribution in [-0.4, -0.2) is 221 Å². The molecular weight excluding hydrogens is 1200 g/mol. The summed E-state index contributed by atoms with van der Waals surface area (Å²) >= 11 is 0. The van der Waals surface area contributed by atoms with Gasteiger partial charge >= 0.3 is 5.97 Å². The van der Waals surface area contributed by atoms with Gasteiger partial charge in [-0.1, -0.05) is 36.4 Å². The van der Waals surface area contributed by atoms with Gasteiger partial charge < -0.3 is 94.2 Å². The van der Waals surface area contributed by atoms with E-state index >= 15 is 0 Å². The Kier molecular flexibility index (Phi) is 31.2. The van der Waals surface area contributed by atoms with Crippen molar-refractivity contribution in [3.05, 3.63) is 60.2 Å². The van der Waals surface area contributed by atoms with Gasteiger partial charge in [-0.3, -0.25) is 38.4 Å². The number of nitrogens with one attached hydrogen (secondary N) is 6. The summed E-state index contributed by atoms with van der Waals surface area (Å²) in [5.74, 6) is -2.14. The van der Waals surface area contributed by atoms with Crippen LogP contribution in [0.15, 0.2) is 48.5 Å². The molecule has 0 atom stereocenters. The van der Waals surface area contributed by atoms with Crippen LogP contribution in [0.3, 0.4) is 0 Å². The number of amides is 6. The zero-order valence-corrected chi connectivity index (χ0v) is 53.1. The molecule has 9 N–H and O–H groups in total. The fourth-order valence-corrected chi connectivity index (χ4v) is 8.60. The molecule has 0 bridgehead atoms. The summed E-state index contributed by atoms with van der Waals surface area (Å²) in [4.78, 5) is 113. The summed E-state index contributed by atoms with van der Waals surface area (Å²) in [6.45, 7) is 14.0. The summed E-state index contributed by atoms with van der Waals surface area (Å²) in [6.07, 6.45) is 0.113. The standard InChI is InChI=1S/C31H44N6O9.C30H42N6O10.H2/c1-5-43-17-24-35-28-29(37(24)20-31(3,4)42)22-8-6-7-9-23(22)34-30(28)36-25(39)16-33-27(41)19-46-15-13-44-12-14-45-18-26(40)32-11-10-21(2)38;1-4-43-16-22-34-27-28(36(22)19-30(2,3)42)20-7-5-6-8-21(20)33-29(27)35-23(37)15-32-25(39)18-46-14-12-44-11-13-45-17-24(38)31-10-9-26(40)41;/h6-9,42H,5,10-20H2,1-4H3,(H,32,40)(H,33,41)(H,34,36,39);5-8,42H,4,9-19H2,1-3H3,(H,31,38)(H,32,39)(H,40,41)(H,33,35,37);1H. The maximum atomic E-state index is 12.8.